The number of aromatic nitrogens is 1. The zero-order chi connectivity index (χ0) is 28.9. The molecule has 2 aliphatic rings. The Morgan fingerprint density at radius 3 is 2.73 bits per heavy atom. The second-order valence-corrected chi connectivity index (χ2v) is 11.4. The van der Waals surface area contributed by atoms with E-state index in [2.05, 4.69) is 20.5 Å². The Balaban J connectivity index is 1.44. The van der Waals surface area contributed by atoms with Crippen molar-refractivity contribution in [3.63, 3.8) is 0 Å². The first-order chi connectivity index (χ1) is 19.8. The average molecular weight is 560 g/mol. The summed E-state index contributed by atoms with van der Waals surface area (Å²) in [6.07, 6.45) is 4.23. The Morgan fingerprint density at radius 1 is 1.07 bits per heavy atom. The number of hydrogen-bond acceptors (Lipinski definition) is 5. The summed E-state index contributed by atoms with van der Waals surface area (Å²) in [6.45, 7) is 6.07. The molecule has 0 radical (unpaired) electrons. The van der Waals surface area contributed by atoms with E-state index >= 15 is 0 Å². The standard InChI is InChI=1S/C32H38FN5O3/c1-21(2)28-19-37(18-23-13-15-34-27-9-4-3-8-24(23)27)20-30(39)35-14-5-7-22-11-12-26(33)25(17-22)32(41)38-16-6-10-29(38)31(40)36-28/h3-4,8-9,11-13,15,17,21,28-29H,5-7,10,14,16,18-20H2,1-2H3,(H,35,39)(H,36,40)/t28-,29-/m0/s1. The highest BCUT2D eigenvalue weighted by atomic mass is 19.1. The highest BCUT2D eigenvalue weighted by molar-refractivity contribution is 5.98. The van der Waals surface area contributed by atoms with Crippen LogP contribution in [-0.4, -0.2) is 70.8 Å². The molecule has 3 heterocycles. The van der Waals surface area contributed by atoms with Crippen LogP contribution in [0, 0.1) is 11.7 Å². The van der Waals surface area contributed by atoms with Gasteiger partial charge in [-0.1, -0.05) is 38.1 Å². The van der Waals surface area contributed by atoms with Gasteiger partial charge in [0, 0.05) is 43.8 Å². The SMILES string of the molecule is CC(C)[C@@H]1CN(Cc2ccnc3ccccc23)CC(=O)NCCCc2ccc(F)c(c2)C(=O)N2CCC[C@H]2C(=O)N1. The molecule has 1 aromatic heterocycles. The number of carbonyl (C=O) groups excluding carboxylic acids is 3. The van der Waals surface area contributed by atoms with Crippen LogP contribution in [0.4, 0.5) is 4.39 Å². The van der Waals surface area contributed by atoms with Crippen LogP contribution in [0.3, 0.4) is 0 Å². The van der Waals surface area contributed by atoms with Gasteiger partial charge in [-0.15, -0.1) is 0 Å². The highest BCUT2D eigenvalue weighted by Gasteiger charge is 2.37. The number of nitrogens with one attached hydrogen (secondary N) is 2. The molecule has 0 unspecified atom stereocenters. The van der Waals surface area contributed by atoms with E-state index < -0.39 is 17.8 Å². The van der Waals surface area contributed by atoms with Crippen molar-refractivity contribution < 1.29 is 18.8 Å². The lowest BCUT2D eigenvalue weighted by molar-refractivity contribution is -0.126. The van der Waals surface area contributed by atoms with E-state index in [1.54, 1.807) is 18.3 Å². The number of rotatable bonds is 3. The monoisotopic (exact) mass is 559 g/mol. The molecule has 2 aliphatic heterocycles. The van der Waals surface area contributed by atoms with E-state index in [1.807, 2.05) is 44.2 Å². The third-order valence-corrected chi connectivity index (χ3v) is 8.13. The number of nitrogens with zero attached hydrogens (tertiary/aromatic N) is 3. The first-order valence-corrected chi connectivity index (χ1v) is 14.5. The van der Waals surface area contributed by atoms with Gasteiger partial charge in [0.15, 0.2) is 0 Å². The fourth-order valence-corrected chi connectivity index (χ4v) is 5.81. The summed E-state index contributed by atoms with van der Waals surface area (Å²) in [4.78, 5) is 48.2. The molecule has 3 amide bonds. The van der Waals surface area contributed by atoms with Crippen molar-refractivity contribution in [1.82, 2.24) is 25.4 Å². The summed E-state index contributed by atoms with van der Waals surface area (Å²) in [7, 11) is 0. The van der Waals surface area contributed by atoms with E-state index in [-0.39, 0.29) is 35.9 Å². The van der Waals surface area contributed by atoms with Crippen molar-refractivity contribution in [3.8, 4) is 0 Å². The summed E-state index contributed by atoms with van der Waals surface area (Å²) < 4.78 is 14.8. The third kappa shape index (κ3) is 6.73. The number of hydrogen-bond donors (Lipinski definition) is 2. The fraction of sp³-hybridized carbons (Fsp3) is 0.438. The van der Waals surface area contributed by atoms with Gasteiger partial charge in [-0.25, -0.2) is 4.39 Å². The van der Waals surface area contributed by atoms with Gasteiger partial charge in [-0.2, -0.15) is 0 Å². The predicted molar refractivity (Wildman–Crippen MR) is 156 cm³/mol. The van der Waals surface area contributed by atoms with Gasteiger partial charge in [0.1, 0.15) is 11.9 Å². The summed E-state index contributed by atoms with van der Waals surface area (Å²) >= 11 is 0. The third-order valence-electron chi connectivity index (χ3n) is 8.13. The minimum Gasteiger partial charge on any atom is -0.355 e. The van der Waals surface area contributed by atoms with Crippen LogP contribution in [0.2, 0.25) is 0 Å². The molecule has 2 N–H and O–H groups in total. The largest absolute Gasteiger partial charge is 0.355 e. The van der Waals surface area contributed by atoms with Gasteiger partial charge in [-0.3, -0.25) is 24.3 Å². The normalized spacial score (nSPS) is 21.5. The Kier molecular flexibility index (Phi) is 8.93. The topological polar surface area (TPSA) is 94.6 Å². The lowest BCUT2D eigenvalue weighted by Crippen LogP contribution is -2.53. The quantitative estimate of drug-likeness (QED) is 0.511. The van der Waals surface area contributed by atoms with Crippen LogP contribution < -0.4 is 10.6 Å². The summed E-state index contributed by atoms with van der Waals surface area (Å²) in [5.41, 5.74) is 2.75. The maximum Gasteiger partial charge on any atom is 0.257 e. The zero-order valence-electron chi connectivity index (χ0n) is 23.7. The molecule has 1 fully saturated rings. The fourth-order valence-electron chi connectivity index (χ4n) is 5.81. The molecule has 2 atom stereocenters. The Hall–Kier alpha value is -3.85. The van der Waals surface area contributed by atoms with Gasteiger partial charge in [0.05, 0.1) is 17.6 Å². The molecular formula is C32H38FN5O3. The molecule has 5 rings (SSSR count). The van der Waals surface area contributed by atoms with Crippen molar-refractivity contribution in [2.75, 3.05) is 26.2 Å². The number of benzene rings is 2. The molecule has 0 saturated carbocycles. The van der Waals surface area contributed by atoms with E-state index in [9.17, 15) is 18.8 Å². The molecule has 9 heteroatoms. The maximum atomic E-state index is 14.8. The first kappa shape index (κ1) is 28.7. The number of aryl methyl sites for hydroxylation is 1. The first-order valence-electron chi connectivity index (χ1n) is 14.5. The Labute approximate surface area is 240 Å². The molecule has 8 nitrogen and oxygen atoms in total. The zero-order valence-corrected chi connectivity index (χ0v) is 23.7. The number of carbonyl (C=O) groups is 3. The summed E-state index contributed by atoms with van der Waals surface area (Å²) in [5, 5.41) is 7.22. The maximum absolute atomic E-state index is 14.8. The van der Waals surface area contributed by atoms with Crippen LogP contribution in [0.25, 0.3) is 10.9 Å². The van der Waals surface area contributed by atoms with Gasteiger partial charge in [0.2, 0.25) is 11.8 Å². The van der Waals surface area contributed by atoms with Gasteiger partial charge < -0.3 is 15.5 Å². The highest BCUT2D eigenvalue weighted by Crippen LogP contribution is 2.24. The van der Waals surface area contributed by atoms with Gasteiger partial charge in [-0.05, 0) is 67.0 Å². The van der Waals surface area contributed by atoms with E-state index in [4.69, 9.17) is 0 Å². The average Bonchev–Trinajstić information content (AvgIpc) is 3.45. The Morgan fingerprint density at radius 2 is 1.90 bits per heavy atom. The molecule has 216 valence electrons. The smallest absolute Gasteiger partial charge is 0.257 e. The van der Waals surface area contributed by atoms with E-state index in [0.717, 1.165) is 22.0 Å². The minimum atomic E-state index is -0.664. The number of para-hydroxylation sites is 1. The number of fused-ring (bicyclic) bond motifs is 4. The van der Waals surface area contributed by atoms with E-state index in [0.29, 0.717) is 51.9 Å². The number of pyridine rings is 1. The molecule has 0 spiro atoms. The Bertz CT molecular complexity index is 1420. The van der Waals surface area contributed by atoms with E-state index in [1.165, 1.54) is 11.0 Å². The molecule has 1 saturated heterocycles. The second kappa shape index (κ2) is 12.8. The predicted octanol–water partition coefficient (Wildman–Crippen LogP) is 3.68. The minimum absolute atomic E-state index is 0.00767. The van der Waals surface area contributed by atoms with Crippen LogP contribution >= 0.6 is 0 Å². The second-order valence-electron chi connectivity index (χ2n) is 11.4. The van der Waals surface area contributed by atoms with Crippen LogP contribution in [0.1, 0.15) is 54.6 Å². The van der Waals surface area contributed by atoms with Gasteiger partial charge in [0.25, 0.3) is 5.91 Å². The van der Waals surface area contributed by atoms with Crippen molar-refractivity contribution in [1.29, 1.82) is 0 Å². The molecular weight excluding hydrogens is 521 g/mol. The lowest BCUT2D eigenvalue weighted by atomic mass is 10.0. The van der Waals surface area contributed by atoms with Crippen molar-refractivity contribution in [2.24, 2.45) is 5.92 Å². The van der Waals surface area contributed by atoms with Gasteiger partial charge >= 0.3 is 0 Å². The van der Waals surface area contributed by atoms with Crippen LogP contribution in [0.5, 0.6) is 0 Å². The van der Waals surface area contributed by atoms with Crippen LogP contribution in [0.15, 0.2) is 54.7 Å². The van der Waals surface area contributed by atoms with Crippen molar-refractivity contribution >= 4 is 28.6 Å². The molecule has 41 heavy (non-hydrogen) atoms. The molecule has 2 aromatic carbocycles. The molecule has 0 aliphatic carbocycles. The number of halogens is 1. The summed E-state index contributed by atoms with van der Waals surface area (Å²) in [5.74, 6) is -1.31. The van der Waals surface area contributed by atoms with Crippen LogP contribution in [-0.2, 0) is 22.6 Å². The summed E-state index contributed by atoms with van der Waals surface area (Å²) in [6, 6.07) is 13.5. The molecule has 3 aromatic rings. The lowest BCUT2D eigenvalue weighted by Gasteiger charge is -2.32. The van der Waals surface area contributed by atoms with Crippen molar-refractivity contribution in [2.45, 2.75) is 58.2 Å². The molecule has 2 bridgehead atoms. The van der Waals surface area contributed by atoms with Crippen molar-refractivity contribution in [3.05, 3.63) is 77.2 Å². The number of amides is 3.